The minimum Gasteiger partial charge on any atom is -0.512 e. The summed E-state index contributed by atoms with van der Waals surface area (Å²) in [5.74, 6) is -0.181. The van der Waals surface area contributed by atoms with Gasteiger partial charge < -0.3 is 14.9 Å². The van der Waals surface area contributed by atoms with Crippen molar-refractivity contribution >= 4 is 66.4 Å². The molecule has 0 radical (unpaired) electrons. The van der Waals surface area contributed by atoms with Crippen molar-refractivity contribution in [2.45, 2.75) is 50.2 Å². The van der Waals surface area contributed by atoms with Crippen LogP contribution in [0.1, 0.15) is 49.1 Å². The van der Waals surface area contributed by atoms with E-state index in [9.17, 15) is 14.6 Å². The quantitative estimate of drug-likeness (QED) is 0.186. The van der Waals surface area contributed by atoms with Gasteiger partial charge in [0.25, 0.3) is 0 Å². The normalized spacial score (nSPS) is 23.1. The average molecular weight is 614 g/mol. The summed E-state index contributed by atoms with van der Waals surface area (Å²) in [6.45, 7) is 0.0478. The molecule has 0 aliphatic heterocycles. The smallest absolute Gasteiger partial charge is 0.156 e. The third-order valence-corrected chi connectivity index (χ3v) is 9.36. The van der Waals surface area contributed by atoms with Crippen LogP contribution >= 0.6 is 50.5 Å². The zero-order valence-corrected chi connectivity index (χ0v) is 23.1. The van der Waals surface area contributed by atoms with Gasteiger partial charge in [0, 0.05) is 17.1 Å². The zero-order chi connectivity index (χ0) is 25.6. The molecule has 0 unspecified atom stereocenters. The molecule has 1 heterocycles. The molecule has 0 saturated heterocycles. The van der Waals surface area contributed by atoms with E-state index in [2.05, 4.69) is 20.9 Å². The number of rotatable bonds is 7. The van der Waals surface area contributed by atoms with E-state index in [1.54, 1.807) is 30.3 Å². The first-order valence-corrected chi connectivity index (χ1v) is 14.1. The second-order valence-electron chi connectivity index (χ2n) is 9.38. The van der Waals surface area contributed by atoms with Gasteiger partial charge >= 0.3 is 0 Å². The summed E-state index contributed by atoms with van der Waals surface area (Å²) in [6.07, 6.45) is 3.54. The molecule has 3 N–H and O–H groups in total. The maximum Gasteiger partial charge on any atom is 0.156 e. The molecule has 2 aliphatic rings. The van der Waals surface area contributed by atoms with Gasteiger partial charge in [-0.15, -0.1) is 11.3 Å². The summed E-state index contributed by atoms with van der Waals surface area (Å²) < 4.78 is 21.4. The standard InChI is InChI=1S/C26H24BrCl2FN2O3S/c27-16-6-7-19-24(21(16)30)36-25(32-19)26(34)10-8-14(9-11-26)35-12-15(23(33)13-4-5-13)22(31)20-17(28)2-1-3-18(20)29/h1-3,6-7,13-14,31,33-34H,4-5,8-12H2/b23-15-,31-22?/t14-,26+. The van der Waals surface area contributed by atoms with Crippen molar-refractivity contribution in [2.24, 2.45) is 5.92 Å². The molecule has 0 atom stereocenters. The highest BCUT2D eigenvalue weighted by molar-refractivity contribution is 9.10. The highest BCUT2D eigenvalue weighted by Gasteiger charge is 2.39. The molecule has 0 bridgehead atoms. The van der Waals surface area contributed by atoms with Crippen molar-refractivity contribution in [3.05, 3.63) is 72.6 Å². The first kappa shape index (κ1) is 26.1. The summed E-state index contributed by atoms with van der Waals surface area (Å²) in [5, 5.41) is 32.1. The Bertz CT molecular complexity index is 1350. The van der Waals surface area contributed by atoms with Crippen molar-refractivity contribution in [1.82, 2.24) is 4.98 Å². The number of nitrogens with one attached hydrogen (secondary N) is 1. The SMILES string of the molecule is N=C(/C(CO[C@H]1CC[C@](O)(c2nc3ccc(Br)c(F)c3s2)CC1)=C(\O)C1CC1)c1c(Cl)cccc1Cl. The molecule has 1 aromatic heterocycles. The van der Waals surface area contributed by atoms with E-state index in [1.165, 1.54) is 11.3 Å². The Morgan fingerprint density at radius 1 is 1.17 bits per heavy atom. The van der Waals surface area contributed by atoms with Crippen LogP contribution in [0.25, 0.3) is 10.2 Å². The molecular formula is C26H24BrCl2FN2O3S. The predicted molar refractivity (Wildman–Crippen MR) is 145 cm³/mol. The van der Waals surface area contributed by atoms with Crippen LogP contribution in [-0.4, -0.2) is 33.6 Å². The van der Waals surface area contributed by atoms with E-state index < -0.39 is 5.60 Å². The van der Waals surface area contributed by atoms with E-state index in [0.29, 0.717) is 66.6 Å². The van der Waals surface area contributed by atoms with Gasteiger partial charge in [-0.05, 0) is 78.7 Å². The number of nitrogens with zero attached hydrogens (tertiary/aromatic N) is 1. The number of aromatic nitrogens is 1. The third kappa shape index (κ3) is 5.08. The minimum atomic E-state index is -1.14. The predicted octanol–water partition coefficient (Wildman–Crippen LogP) is 7.94. The van der Waals surface area contributed by atoms with Crippen LogP contribution in [0, 0.1) is 17.1 Å². The highest BCUT2D eigenvalue weighted by atomic mass is 79.9. The summed E-state index contributed by atoms with van der Waals surface area (Å²) in [5.41, 5.74) is 0.212. The second-order valence-corrected chi connectivity index (χ2v) is 12.0. The second kappa shape index (κ2) is 10.3. The maximum atomic E-state index is 14.5. The highest BCUT2D eigenvalue weighted by Crippen LogP contribution is 2.43. The number of allylic oxidation sites excluding steroid dienone is 1. The van der Waals surface area contributed by atoms with Gasteiger partial charge in [0.2, 0.25) is 0 Å². The number of benzene rings is 2. The Hall–Kier alpha value is -1.55. The lowest BCUT2D eigenvalue weighted by atomic mass is 9.83. The van der Waals surface area contributed by atoms with Crippen LogP contribution in [-0.2, 0) is 10.3 Å². The van der Waals surface area contributed by atoms with Crippen molar-refractivity contribution < 1.29 is 19.3 Å². The zero-order valence-electron chi connectivity index (χ0n) is 19.2. The molecule has 10 heteroatoms. The van der Waals surface area contributed by atoms with Crippen LogP contribution in [0.4, 0.5) is 4.39 Å². The monoisotopic (exact) mass is 612 g/mol. The number of hydrogen-bond donors (Lipinski definition) is 3. The lowest BCUT2D eigenvalue weighted by molar-refractivity contribution is -0.0548. The Morgan fingerprint density at radius 2 is 1.83 bits per heavy atom. The average Bonchev–Trinajstić information content (AvgIpc) is 3.61. The van der Waals surface area contributed by atoms with Crippen LogP contribution in [0.2, 0.25) is 10.0 Å². The fraction of sp³-hybridized carbons (Fsp3) is 0.385. The topological polar surface area (TPSA) is 86.4 Å². The first-order chi connectivity index (χ1) is 17.2. The number of aliphatic hydroxyl groups excluding tert-OH is 1. The number of aliphatic hydroxyl groups is 2. The molecule has 0 amide bonds. The molecule has 36 heavy (non-hydrogen) atoms. The van der Waals surface area contributed by atoms with Gasteiger partial charge in [0.15, 0.2) is 5.82 Å². The van der Waals surface area contributed by atoms with Crippen molar-refractivity contribution in [1.29, 1.82) is 5.41 Å². The number of halogens is 4. The van der Waals surface area contributed by atoms with Crippen LogP contribution in [0.15, 0.2) is 46.1 Å². The minimum absolute atomic E-state index is 0.0288. The van der Waals surface area contributed by atoms with Crippen molar-refractivity contribution in [3.63, 3.8) is 0 Å². The van der Waals surface area contributed by atoms with E-state index in [0.717, 1.165) is 12.8 Å². The number of fused-ring (bicyclic) bond motifs is 1. The van der Waals surface area contributed by atoms with Crippen molar-refractivity contribution in [3.8, 4) is 0 Å². The summed E-state index contributed by atoms with van der Waals surface area (Å²) >= 11 is 17.0. The van der Waals surface area contributed by atoms with Gasteiger partial charge in [0.05, 0.1) is 43.2 Å². The lowest BCUT2D eigenvalue weighted by Gasteiger charge is -2.34. The summed E-state index contributed by atoms with van der Waals surface area (Å²) in [6, 6.07) is 8.40. The van der Waals surface area contributed by atoms with Gasteiger partial charge in [-0.25, -0.2) is 9.37 Å². The Labute approximate surface area is 230 Å². The van der Waals surface area contributed by atoms with E-state index >= 15 is 0 Å². The van der Waals surface area contributed by atoms with Crippen LogP contribution < -0.4 is 0 Å². The van der Waals surface area contributed by atoms with E-state index in [4.69, 9.17) is 33.3 Å². The summed E-state index contributed by atoms with van der Waals surface area (Å²) in [4.78, 5) is 4.51. The lowest BCUT2D eigenvalue weighted by Crippen LogP contribution is -2.34. The molecule has 190 valence electrons. The Morgan fingerprint density at radius 3 is 2.47 bits per heavy atom. The Kier molecular flexibility index (Phi) is 7.47. The Balaban J connectivity index is 1.29. The fourth-order valence-corrected chi connectivity index (χ4v) is 6.75. The molecule has 5 nitrogen and oxygen atoms in total. The maximum absolute atomic E-state index is 14.5. The molecule has 2 aliphatic carbocycles. The number of thiazole rings is 1. The van der Waals surface area contributed by atoms with Crippen molar-refractivity contribution in [2.75, 3.05) is 6.61 Å². The van der Waals surface area contributed by atoms with Gasteiger partial charge in [-0.2, -0.15) is 0 Å². The molecule has 2 fully saturated rings. The number of ether oxygens (including phenoxy) is 1. The van der Waals surface area contributed by atoms with Crippen LogP contribution in [0.5, 0.6) is 0 Å². The molecule has 2 saturated carbocycles. The van der Waals surface area contributed by atoms with Crippen LogP contribution in [0.3, 0.4) is 0 Å². The summed E-state index contributed by atoms with van der Waals surface area (Å²) in [7, 11) is 0. The molecule has 5 rings (SSSR count). The molecular weight excluding hydrogens is 590 g/mol. The van der Waals surface area contributed by atoms with Gasteiger partial charge in [-0.1, -0.05) is 29.3 Å². The largest absolute Gasteiger partial charge is 0.512 e. The molecule has 3 aromatic rings. The van der Waals surface area contributed by atoms with Gasteiger partial charge in [0.1, 0.15) is 16.4 Å². The van der Waals surface area contributed by atoms with Gasteiger partial charge in [-0.3, -0.25) is 5.41 Å². The molecule has 0 spiro atoms. The number of hydrogen-bond acceptors (Lipinski definition) is 6. The van der Waals surface area contributed by atoms with E-state index in [1.807, 2.05) is 0 Å². The molecule has 2 aromatic carbocycles. The van der Waals surface area contributed by atoms with E-state index in [-0.39, 0.29) is 35.9 Å². The fourth-order valence-electron chi connectivity index (χ4n) is 4.55. The third-order valence-electron chi connectivity index (χ3n) is 6.86. The first-order valence-electron chi connectivity index (χ1n) is 11.7.